The summed E-state index contributed by atoms with van der Waals surface area (Å²) in [6, 6.07) is 2.68. The molecule has 0 radical (unpaired) electrons. The molecular formula is C6H5ClFNS. The lowest BCUT2D eigenvalue weighted by atomic mass is 10.3. The van der Waals surface area contributed by atoms with Crippen LogP contribution < -0.4 is 5.73 Å². The molecule has 1 aromatic carbocycles. The number of nitrogen functional groups attached to an aromatic ring is 1. The molecule has 0 aliphatic heterocycles. The van der Waals surface area contributed by atoms with Crippen molar-refractivity contribution in [3.05, 3.63) is 23.0 Å². The zero-order chi connectivity index (χ0) is 7.72. The highest BCUT2D eigenvalue weighted by molar-refractivity contribution is 7.80. The summed E-state index contributed by atoms with van der Waals surface area (Å²) in [4.78, 5) is 0.487. The molecule has 0 fully saturated rings. The van der Waals surface area contributed by atoms with Crippen LogP contribution in [0.1, 0.15) is 0 Å². The highest BCUT2D eigenvalue weighted by atomic mass is 35.5. The number of nitrogens with two attached hydrogens (primary N) is 1. The molecule has 0 atom stereocenters. The molecule has 0 aromatic heterocycles. The second-order valence-corrected chi connectivity index (χ2v) is 2.65. The standard InChI is InChI=1S/C6H5ClFNS/c7-5-4(10)2-1-3(8)6(5)9/h1-2,10H,9H2. The van der Waals surface area contributed by atoms with E-state index in [9.17, 15) is 4.39 Å². The van der Waals surface area contributed by atoms with E-state index in [4.69, 9.17) is 17.3 Å². The Morgan fingerprint density at radius 1 is 1.50 bits per heavy atom. The minimum Gasteiger partial charge on any atom is -0.395 e. The van der Waals surface area contributed by atoms with E-state index in [0.717, 1.165) is 0 Å². The highest BCUT2D eigenvalue weighted by Gasteiger charge is 2.04. The lowest BCUT2D eigenvalue weighted by molar-refractivity contribution is 0.631. The van der Waals surface area contributed by atoms with Crippen LogP contribution in [-0.2, 0) is 0 Å². The fourth-order valence-corrected chi connectivity index (χ4v) is 0.906. The van der Waals surface area contributed by atoms with Gasteiger partial charge in [-0.1, -0.05) is 11.6 Å². The summed E-state index contributed by atoms with van der Waals surface area (Å²) in [7, 11) is 0. The van der Waals surface area contributed by atoms with E-state index in [2.05, 4.69) is 12.6 Å². The van der Waals surface area contributed by atoms with Gasteiger partial charge in [0.25, 0.3) is 0 Å². The number of hydrogen-bond acceptors (Lipinski definition) is 2. The van der Waals surface area contributed by atoms with E-state index in [-0.39, 0.29) is 10.7 Å². The van der Waals surface area contributed by atoms with Gasteiger partial charge in [-0.2, -0.15) is 0 Å². The van der Waals surface area contributed by atoms with Gasteiger partial charge < -0.3 is 5.73 Å². The first-order valence-corrected chi connectivity index (χ1v) is 3.38. The summed E-state index contributed by atoms with van der Waals surface area (Å²) in [5.41, 5.74) is 5.18. The van der Waals surface area contributed by atoms with Gasteiger partial charge in [0.2, 0.25) is 0 Å². The Kier molecular flexibility index (Phi) is 2.06. The predicted octanol–water partition coefficient (Wildman–Crippen LogP) is 2.35. The molecule has 0 aliphatic rings. The number of benzene rings is 1. The van der Waals surface area contributed by atoms with Gasteiger partial charge >= 0.3 is 0 Å². The molecule has 2 N–H and O–H groups in total. The van der Waals surface area contributed by atoms with Gasteiger partial charge in [0.05, 0.1) is 10.7 Å². The molecule has 10 heavy (non-hydrogen) atoms. The van der Waals surface area contributed by atoms with Crippen LogP contribution in [0.25, 0.3) is 0 Å². The Morgan fingerprint density at radius 2 is 2.10 bits per heavy atom. The SMILES string of the molecule is Nc1c(F)ccc(S)c1Cl. The average molecular weight is 178 g/mol. The summed E-state index contributed by atoms with van der Waals surface area (Å²) in [6.45, 7) is 0. The molecule has 0 aliphatic carbocycles. The zero-order valence-electron chi connectivity index (χ0n) is 4.94. The minimum absolute atomic E-state index is 0.0471. The van der Waals surface area contributed by atoms with Gasteiger partial charge in [-0.3, -0.25) is 0 Å². The van der Waals surface area contributed by atoms with Crippen LogP contribution >= 0.6 is 24.2 Å². The van der Waals surface area contributed by atoms with Crippen LogP contribution in [-0.4, -0.2) is 0 Å². The second-order valence-electron chi connectivity index (χ2n) is 1.79. The van der Waals surface area contributed by atoms with Crippen molar-refractivity contribution in [2.75, 3.05) is 5.73 Å². The predicted molar refractivity (Wildman–Crippen MR) is 43.1 cm³/mol. The Hall–Kier alpha value is -0.410. The van der Waals surface area contributed by atoms with Crippen LogP contribution in [0, 0.1) is 5.82 Å². The molecule has 0 spiro atoms. The largest absolute Gasteiger partial charge is 0.395 e. The molecule has 1 nitrogen and oxygen atoms in total. The molecule has 0 bridgehead atoms. The molecule has 54 valence electrons. The van der Waals surface area contributed by atoms with Crippen LogP contribution in [0.15, 0.2) is 17.0 Å². The monoisotopic (exact) mass is 177 g/mol. The highest BCUT2D eigenvalue weighted by Crippen LogP contribution is 2.28. The van der Waals surface area contributed by atoms with Crippen molar-refractivity contribution in [1.82, 2.24) is 0 Å². The molecule has 1 aromatic rings. The molecule has 0 unspecified atom stereocenters. The van der Waals surface area contributed by atoms with Crippen LogP contribution in [0.3, 0.4) is 0 Å². The summed E-state index contributed by atoms with van der Waals surface area (Å²) in [5, 5.41) is 0.170. The normalized spacial score (nSPS) is 9.90. The average Bonchev–Trinajstić information content (AvgIpc) is 1.93. The first-order chi connectivity index (χ1) is 4.63. The van der Waals surface area contributed by atoms with Crippen molar-refractivity contribution in [3.63, 3.8) is 0 Å². The maximum Gasteiger partial charge on any atom is 0.147 e. The van der Waals surface area contributed by atoms with Crippen LogP contribution in [0.2, 0.25) is 5.02 Å². The quantitative estimate of drug-likeness (QED) is 0.462. The van der Waals surface area contributed by atoms with Gasteiger partial charge in [0.1, 0.15) is 5.82 Å². The fraction of sp³-hybridized carbons (Fsp3) is 0. The molecule has 4 heteroatoms. The Balaban J connectivity index is 3.34. The summed E-state index contributed by atoms with van der Waals surface area (Å²) in [5.74, 6) is -0.511. The third-order valence-corrected chi connectivity index (χ3v) is 2.02. The Bertz CT molecular complexity index is 237. The molecule has 0 saturated carbocycles. The third kappa shape index (κ3) is 1.20. The van der Waals surface area contributed by atoms with Crippen molar-refractivity contribution in [1.29, 1.82) is 0 Å². The number of rotatable bonds is 0. The van der Waals surface area contributed by atoms with Crippen molar-refractivity contribution in [3.8, 4) is 0 Å². The van der Waals surface area contributed by atoms with E-state index in [0.29, 0.717) is 4.90 Å². The smallest absolute Gasteiger partial charge is 0.147 e. The lowest BCUT2D eigenvalue weighted by Gasteiger charge is -2.00. The second kappa shape index (κ2) is 2.68. The van der Waals surface area contributed by atoms with Gasteiger partial charge in [0, 0.05) is 4.90 Å². The van der Waals surface area contributed by atoms with E-state index >= 15 is 0 Å². The molecular weight excluding hydrogens is 173 g/mol. The van der Waals surface area contributed by atoms with E-state index in [1.807, 2.05) is 0 Å². The van der Waals surface area contributed by atoms with Crippen LogP contribution in [0.4, 0.5) is 10.1 Å². The van der Waals surface area contributed by atoms with Gasteiger partial charge in [-0.15, -0.1) is 12.6 Å². The van der Waals surface area contributed by atoms with Crippen molar-refractivity contribution in [2.45, 2.75) is 4.90 Å². The number of thiol groups is 1. The first kappa shape index (κ1) is 7.69. The summed E-state index contributed by atoms with van der Waals surface area (Å²) >= 11 is 9.48. The number of hydrogen-bond donors (Lipinski definition) is 2. The zero-order valence-corrected chi connectivity index (χ0v) is 6.59. The van der Waals surface area contributed by atoms with Gasteiger partial charge in [0.15, 0.2) is 0 Å². The maximum atomic E-state index is 12.5. The van der Waals surface area contributed by atoms with E-state index in [1.54, 1.807) is 0 Å². The van der Waals surface area contributed by atoms with Crippen molar-refractivity contribution < 1.29 is 4.39 Å². The topological polar surface area (TPSA) is 26.0 Å². The molecule has 1 rings (SSSR count). The Labute approximate surface area is 68.4 Å². The number of halogens is 2. The maximum absolute atomic E-state index is 12.5. The molecule has 0 amide bonds. The number of anilines is 1. The van der Waals surface area contributed by atoms with Crippen molar-refractivity contribution >= 4 is 29.9 Å². The third-order valence-electron chi connectivity index (χ3n) is 1.11. The molecule has 0 saturated heterocycles. The molecule has 0 heterocycles. The summed E-state index contributed by atoms with van der Waals surface area (Å²) < 4.78 is 12.5. The minimum atomic E-state index is -0.511. The van der Waals surface area contributed by atoms with E-state index in [1.165, 1.54) is 12.1 Å². The summed E-state index contributed by atoms with van der Waals surface area (Å²) in [6.07, 6.45) is 0. The van der Waals surface area contributed by atoms with E-state index < -0.39 is 5.82 Å². The Morgan fingerprint density at radius 3 is 2.60 bits per heavy atom. The fourth-order valence-electron chi connectivity index (χ4n) is 0.558. The lowest BCUT2D eigenvalue weighted by Crippen LogP contribution is -1.91. The van der Waals surface area contributed by atoms with Crippen LogP contribution in [0.5, 0.6) is 0 Å². The van der Waals surface area contributed by atoms with Gasteiger partial charge in [-0.25, -0.2) is 4.39 Å². The van der Waals surface area contributed by atoms with Crippen molar-refractivity contribution in [2.24, 2.45) is 0 Å². The first-order valence-electron chi connectivity index (χ1n) is 2.55. The van der Waals surface area contributed by atoms with Gasteiger partial charge in [-0.05, 0) is 12.1 Å².